The highest BCUT2D eigenvalue weighted by molar-refractivity contribution is 9.10. The fourth-order valence-corrected chi connectivity index (χ4v) is 3.06. The second-order valence-electron chi connectivity index (χ2n) is 5.64. The van der Waals surface area contributed by atoms with Gasteiger partial charge in [0, 0.05) is 16.1 Å². The van der Waals surface area contributed by atoms with Gasteiger partial charge in [0.15, 0.2) is 0 Å². The number of alkyl halides is 3. The van der Waals surface area contributed by atoms with E-state index in [0.29, 0.717) is 10.0 Å². The Morgan fingerprint density at radius 1 is 1.38 bits per heavy atom. The first kappa shape index (κ1) is 16.3. The molecule has 1 atom stereocenters. The van der Waals surface area contributed by atoms with Crippen molar-refractivity contribution in [2.24, 2.45) is 5.92 Å². The first-order chi connectivity index (χ1) is 9.67. The van der Waals surface area contributed by atoms with Crippen LogP contribution >= 0.6 is 15.9 Å². The second kappa shape index (κ2) is 5.99. The maximum Gasteiger partial charge on any atom is 0.406 e. The summed E-state index contributed by atoms with van der Waals surface area (Å²) in [7, 11) is 0. The Balaban J connectivity index is 2.28. The molecule has 1 amide bonds. The summed E-state index contributed by atoms with van der Waals surface area (Å²) in [5.74, 6) is -0.374. The van der Waals surface area contributed by atoms with E-state index >= 15 is 0 Å². The Hall–Kier alpha value is -1.04. The number of carbonyl (C=O) groups is 1. The summed E-state index contributed by atoms with van der Waals surface area (Å²) in [4.78, 5) is 13.5. The lowest BCUT2D eigenvalue weighted by atomic mass is 10.1. The fourth-order valence-electron chi connectivity index (χ4n) is 2.45. The third-order valence-corrected chi connectivity index (χ3v) is 4.15. The Labute approximate surface area is 130 Å². The molecule has 1 aliphatic rings. The highest BCUT2D eigenvalue weighted by Crippen LogP contribution is 2.36. The van der Waals surface area contributed by atoms with Crippen LogP contribution < -0.4 is 0 Å². The van der Waals surface area contributed by atoms with E-state index in [1.807, 2.05) is 6.07 Å². The zero-order valence-electron chi connectivity index (χ0n) is 11.9. The molecular weight excluding hydrogens is 347 g/mol. The van der Waals surface area contributed by atoms with E-state index < -0.39 is 24.7 Å². The molecule has 0 aliphatic heterocycles. The normalized spacial score (nSPS) is 16.7. The van der Waals surface area contributed by atoms with Crippen molar-refractivity contribution in [1.82, 2.24) is 4.90 Å². The van der Waals surface area contributed by atoms with Crippen molar-refractivity contribution in [1.29, 1.82) is 0 Å². The number of hydrogen-bond donors (Lipinski definition) is 0. The fraction of sp³-hybridized carbons (Fsp3) is 0.533. The van der Waals surface area contributed by atoms with E-state index in [4.69, 9.17) is 0 Å². The minimum atomic E-state index is -4.39. The average molecular weight is 364 g/mol. The summed E-state index contributed by atoms with van der Waals surface area (Å²) in [5, 5.41) is 0. The number of halogens is 4. The first-order valence-electron chi connectivity index (χ1n) is 6.82. The Bertz CT molecular complexity index is 520. The molecule has 1 fully saturated rings. The molecule has 0 aromatic heterocycles. The van der Waals surface area contributed by atoms with Gasteiger partial charge in [-0.05, 0) is 56.4 Å². The summed E-state index contributed by atoms with van der Waals surface area (Å²) < 4.78 is 39.0. The molecule has 1 aliphatic carbocycles. The molecule has 6 heteroatoms. The molecule has 2 rings (SSSR count). The first-order valence-corrected chi connectivity index (χ1v) is 7.61. The van der Waals surface area contributed by atoms with Crippen LogP contribution in [0.25, 0.3) is 0 Å². The Morgan fingerprint density at radius 3 is 2.48 bits per heavy atom. The van der Waals surface area contributed by atoms with Crippen molar-refractivity contribution >= 4 is 21.8 Å². The van der Waals surface area contributed by atoms with Gasteiger partial charge in [0.25, 0.3) is 5.91 Å². The number of aryl methyl sites for hydroxylation is 1. The molecule has 0 heterocycles. The van der Waals surface area contributed by atoms with Gasteiger partial charge in [-0.15, -0.1) is 0 Å². The van der Waals surface area contributed by atoms with E-state index in [1.165, 1.54) is 0 Å². The Morgan fingerprint density at radius 2 is 2.00 bits per heavy atom. The van der Waals surface area contributed by atoms with Crippen molar-refractivity contribution in [3.63, 3.8) is 0 Å². The van der Waals surface area contributed by atoms with Crippen molar-refractivity contribution < 1.29 is 18.0 Å². The van der Waals surface area contributed by atoms with Crippen LogP contribution in [0.4, 0.5) is 13.2 Å². The number of rotatable bonds is 4. The highest BCUT2D eigenvalue weighted by Gasteiger charge is 2.40. The Kier molecular flexibility index (Phi) is 4.66. The van der Waals surface area contributed by atoms with Crippen molar-refractivity contribution in [3.05, 3.63) is 33.8 Å². The summed E-state index contributed by atoms with van der Waals surface area (Å²) in [6, 6.07) is 4.61. The molecule has 2 nitrogen and oxygen atoms in total. The number of benzene rings is 1. The summed E-state index contributed by atoms with van der Waals surface area (Å²) in [6.07, 6.45) is -2.61. The van der Waals surface area contributed by atoms with Gasteiger partial charge < -0.3 is 4.90 Å². The van der Waals surface area contributed by atoms with Crippen LogP contribution in [0.15, 0.2) is 22.7 Å². The number of carbonyl (C=O) groups excluding carboxylic acids is 1. The van der Waals surface area contributed by atoms with E-state index in [1.54, 1.807) is 26.0 Å². The predicted molar refractivity (Wildman–Crippen MR) is 78.2 cm³/mol. The minimum absolute atomic E-state index is 0.185. The zero-order valence-corrected chi connectivity index (χ0v) is 13.5. The molecule has 1 unspecified atom stereocenters. The van der Waals surface area contributed by atoms with Gasteiger partial charge >= 0.3 is 6.18 Å². The van der Waals surface area contributed by atoms with Crippen LogP contribution in [0.5, 0.6) is 0 Å². The number of amides is 1. The van der Waals surface area contributed by atoms with E-state index in [0.717, 1.165) is 23.3 Å². The molecular formula is C15H17BrF3NO. The predicted octanol–water partition coefficient (Wildman–Crippen LogP) is 4.56. The lowest BCUT2D eigenvalue weighted by molar-refractivity contribution is -0.144. The molecule has 0 radical (unpaired) electrons. The smallest absolute Gasteiger partial charge is 0.327 e. The maximum absolute atomic E-state index is 12.8. The molecule has 0 N–H and O–H groups in total. The standard InChI is InChI=1S/C15H17BrF3NO/c1-9-5-12(7-13(16)6-9)14(21)20(8-15(17,18)19)10(2)11-3-4-11/h5-7,10-11H,3-4,8H2,1-2H3. The second-order valence-corrected chi connectivity index (χ2v) is 6.56. The summed E-state index contributed by atoms with van der Waals surface area (Å²) in [6.45, 7) is 2.31. The summed E-state index contributed by atoms with van der Waals surface area (Å²) in [5.41, 5.74) is 1.12. The summed E-state index contributed by atoms with van der Waals surface area (Å²) >= 11 is 3.28. The largest absolute Gasteiger partial charge is 0.406 e. The highest BCUT2D eigenvalue weighted by atomic mass is 79.9. The van der Waals surface area contributed by atoms with Crippen LogP contribution in [0.2, 0.25) is 0 Å². The van der Waals surface area contributed by atoms with E-state index in [2.05, 4.69) is 15.9 Å². The van der Waals surface area contributed by atoms with E-state index in [-0.39, 0.29) is 5.92 Å². The molecule has 116 valence electrons. The zero-order chi connectivity index (χ0) is 15.8. The molecule has 1 aromatic rings. The van der Waals surface area contributed by atoms with Gasteiger partial charge in [-0.25, -0.2) is 0 Å². The number of hydrogen-bond acceptors (Lipinski definition) is 1. The van der Waals surface area contributed by atoms with Crippen molar-refractivity contribution in [3.8, 4) is 0 Å². The van der Waals surface area contributed by atoms with Gasteiger partial charge in [0.2, 0.25) is 0 Å². The van der Waals surface area contributed by atoms with Crippen molar-refractivity contribution in [2.75, 3.05) is 6.54 Å². The third-order valence-electron chi connectivity index (χ3n) is 3.70. The molecule has 1 aromatic carbocycles. The monoisotopic (exact) mass is 363 g/mol. The third kappa shape index (κ3) is 4.46. The van der Waals surface area contributed by atoms with Gasteiger partial charge in [0.1, 0.15) is 6.54 Å². The maximum atomic E-state index is 12.8. The van der Waals surface area contributed by atoms with Crippen LogP contribution in [-0.4, -0.2) is 29.6 Å². The lowest BCUT2D eigenvalue weighted by Gasteiger charge is -2.30. The van der Waals surface area contributed by atoms with Crippen LogP contribution in [0.1, 0.15) is 35.7 Å². The lowest BCUT2D eigenvalue weighted by Crippen LogP contribution is -2.45. The van der Waals surface area contributed by atoms with Crippen molar-refractivity contribution in [2.45, 2.75) is 38.9 Å². The molecule has 21 heavy (non-hydrogen) atoms. The van der Waals surface area contributed by atoms with Gasteiger partial charge in [-0.2, -0.15) is 13.2 Å². The van der Waals surface area contributed by atoms with Crippen LogP contribution in [0.3, 0.4) is 0 Å². The quantitative estimate of drug-likeness (QED) is 0.767. The van der Waals surface area contributed by atoms with E-state index in [9.17, 15) is 18.0 Å². The molecule has 0 saturated heterocycles. The number of nitrogens with zero attached hydrogens (tertiary/aromatic N) is 1. The SMILES string of the molecule is Cc1cc(Br)cc(C(=O)N(CC(F)(F)F)C(C)C2CC2)c1. The minimum Gasteiger partial charge on any atom is -0.327 e. The topological polar surface area (TPSA) is 20.3 Å². The van der Waals surface area contributed by atoms with Crippen LogP contribution in [0, 0.1) is 12.8 Å². The molecule has 1 saturated carbocycles. The van der Waals surface area contributed by atoms with Gasteiger partial charge in [-0.3, -0.25) is 4.79 Å². The molecule has 0 spiro atoms. The van der Waals surface area contributed by atoms with Gasteiger partial charge in [-0.1, -0.05) is 15.9 Å². The average Bonchev–Trinajstić information content (AvgIpc) is 3.16. The molecule has 0 bridgehead atoms. The van der Waals surface area contributed by atoms with Gasteiger partial charge in [0.05, 0.1) is 0 Å². The van der Waals surface area contributed by atoms with Crippen LogP contribution in [-0.2, 0) is 0 Å².